The lowest BCUT2D eigenvalue weighted by Crippen LogP contribution is -2.44. The van der Waals surface area contributed by atoms with Crippen LogP contribution < -0.4 is 4.74 Å². The van der Waals surface area contributed by atoms with Crippen molar-refractivity contribution in [3.63, 3.8) is 0 Å². The van der Waals surface area contributed by atoms with Crippen LogP contribution in [0.2, 0.25) is 0 Å². The fourth-order valence-electron chi connectivity index (χ4n) is 4.92. The van der Waals surface area contributed by atoms with Crippen molar-refractivity contribution in [1.29, 1.82) is 0 Å². The molecule has 29 heavy (non-hydrogen) atoms. The highest BCUT2D eigenvalue weighted by molar-refractivity contribution is 5.40. The molecular formula is C26H27NO2. The van der Waals surface area contributed by atoms with Crippen LogP contribution in [0.25, 0.3) is 0 Å². The normalized spacial score (nSPS) is 23.8. The van der Waals surface area contributed by atoms with Gasteiger partial charge in [-0.2, -0.15) is 0 Å². The molecule has 2 aliphatic rings. The minimum Gasteiger partial charge on any atom is -0.489 e. The maximum Gasteiger partial charge on any atom is 0.120 e. The van der Waals surface area contributed by atoms with Crippen LogP contribution in [0, 0.1) is 0 Å². The van der Waals surface area contributed by atoms with E-state index in [9.17, 15) is 5.11 Å². The Kier molecular flexibility index (Phi) is 5.09. The molecule has 0 unspecified atom stereocenters. The smallest absolute Gasteiger partial charge is 0.120 e. The molecule has 1 N–H and O–H groups in total. The van der Waals surface area contributed by atoms with Gasteiger partial charge >= 0.3 is 0 Å². The number of aliphatic hydroxyl groups excluding tert-OH is 1. The molecule has 0 bridgehead atoms. The van der Waals surface area contributed by atoms with Crippen LogP contribution in [0.15, 0.2) is 78.9 Å². The quantitative estimate of drug-likeness (QED) is 0.681. The van der Waals surface area contributed by atoms with Gasteiger partial charge < -0.3 is 9.84 Å². The van der Waals surface area contributed by atoms with Crippen LogP contribution >= 0.6 is 0 Å². The fourth-order valence-corrected chi connectivity index (χ4v) is 4.92. The van der Waals surface area contributed by atoms with Gasteiger partial charge in [0.2, 0.25) is 0 Å². The number of hydrogen-bond donors (Lipinski definition) is 1. The lowest BCUT2D eigenvalue weighted by Gasteiger charge is -2.47. The summed E-state index contributed by atoms with van der Waals surface area (Å²) in [5.41, 5.74) is 5.20. The lowest BCUT2D eigenvalue weighted by atomic mass is 9.81. The maximum atomic E-state index is 10.6. The predicted octanol–water partition coefficient (Wildman–Crippen LogP) is 5.06. The topological polar surface area (TPSA) is 32.7 Å². The second kappa shape index (κ2) is 8.02. The van der Waals surface area contributed by atoms with Gasteiger partial charge in [0.15, 0.2) is 0 Å². The molecule has 1 saturated heterocycles. The van der Waals surface area contributed by atoms with Crippen LogP contribution in [0.1, 0.15) is 47.2 Å². The average molecular weight is 386 g/mol. The summed E-state index contributed by atoms with van der Waals surface area (Å²) in [5.74, 6) is 0.928. The van der Waals surface area contributed by atoms with E-state index in [1.807, 2.05) is 18.2 Å². The minimum absolute atomic E-state index is 0.263. The number of aliphatic hydroxyl groups is 1. The van der Waals surface area contributed by atoms with Gasteiger partial charge in [-0.15, -0.1) is 0 Å². The van der Waals surface area contributed by atoms with Gasteiger partial charge in [0.1, 0.15) is 12.4 Å². The summed E-state index contributed by atoms with van der Waals surface area (Å²) >= 11 is 0. The largest absolute Gasteiger partial charge is 0.489 e. The molecule has 3 aromatic carbocycles. The van der Waals surface area contributed by atoms with Gasteiger partial charge in [-0.1, -0.05) is 66.7 Å². The summed E-state index contributed by atoms with van der Waals surface area (Å²) in [6.07, 6.45) is 2.38. The van der Waals surface area contributed by atoms with Crippen molar-refractivity contribution in [2.24, 2.45) is 0 Å². The first kappa shape index (κ1) is 18.4. The van der Waals surface area contributed by atoms with Crippen molar-refractivity contribution < 1.29 is 9.84 Å². The molecule has 0 spiro atoms. The second-order valence-corrected chi connectivity index (χ2v) is 8.19. The molecule has 0 amide bonds. The number of benzene rings is 3. The van der Waals surface area contributed by atoms with Gasteiger partial charge in [-0.25, -0.2) is 0 Å². The van der Waals surface area contributed by atoms with Gasteiger partial charge in [0.05, 0.1) is 6.10 Å². The van der Waals surface area contributed by atoms with Gasteiger partial charge in [-0.05, 0) is 53.6 Å². The standard InChI is InChI=1S/C26H27NO2/c28-22-16-25(20-9-5-2-6-10-20)27-14-13-21-15-23(11-12-24(21)26(27)17-22)29-18-19-7-3-1-4-8-19/h1-12,15,22,25-26,28H,13-14,16-18H2/t22-,25+,26+/m1/s1. The third-order valence-electron chi connectivity index (χ3n) is 6.34. The molecule has 2 heterocycles. The summed E-state index contributed by atoms with van der Waals surface area (Å²) in [6, 6.07) is 28.0. The molecule has 0 aromatic heterocycles. The zero-order valence-corrected chi connectivity index (χ0v) is 16.6. The molecule has 0 radical (unpaired) electrons. The number of piperidine rings is 1. The van der Waals surface area contributed by atoms with E-state index in [2.05, 4.69) is 65.6 Å². The van der Waals surface area contributed by atoms with Gasteiger partial charge in [-0.3, -0.25) is 4.90 Å². The van der Waals surface area contributed by atoms with Crippen LogP contribution in [0.5, 0.6) is 5.75 Å². The van der Waals surface area contributed by atoms with E-state index in [1.54, 1.807) is 0 Å². The molecule has 3 nitrogen and oxygen atoms in total. The third-order valence-corrected chi connectivity index (χ3v) is 6.34. The summed E-state index contributed by atoms with van der Waals surface area (Å²) < 4.78 is 6.04. The Morgan fingerprint density at radius 2 is 1.59 bits per heavy atom. The molecule has 3 heteroatoms. The number of nitrogens with zero attached hydrogens (tertiary/aromatic N) is 1. The van der Waals surface area contributed by atoms with Crippen LogP contribution in [-0.2, 0) is 13.0 Å². The van der Waals surface area contributed by atoms with E-state index >= 15 is 0 Å². The molecule has 0 aliphatic carbocycles. The monoisotopic (exact) mass is 385 g/mol. The Morgan fingerprint density at radius 1 is 0.862 bits per heavy atom. The summed E-state index contributed by atoms with van der Waals surface area (Å²) in [7, 11) is 0. The van der Waals surface area contributed by atoms with Gasteiger partial charge in [0, 0.05) is 18.6 Å². The van der Waals surface area contributed by atoms with Crippen molar-refractivity contribution in [3.8, 4) is 5.75 Å². The SMILES string of the molecule is O[C@@H]1C[C@@H](c2ccccc2)N2CCc3cc(OCc4ccccc4)ccc3[C@@H]2C1. The van der Waals surface area contributed by atoms with Crippen LogP contribution in [0.4, 0.5) is 0 Å². The zero-order valence-electron chi connectivity index (χ0n) is 16.6. The summed E-state index contributed by atoms with van der Waals surface area (Å²) in [6.45, 7) is 1.61. The number of hydrogen-bond acceptors (Lipinski definition) is 3. The molecule has 3 aromatic rings. The summed E-state index contributed by atoms with van der Waals surface area (Å²) in [4.78, 5) is 2.59. The molecule has 2 aliphatic heterocycles. The van der Waals surface area contributed by atoms with E-state index < -0.39 is 0 Å². The number of rotatable bonds is 4. The Bertz CT molecular complexity index is 957. The summed E-state index contributed by atoms with van der Waals surface area (Å²) in [5, 5.41) is 10.6. The van der Waals surface area contributed by atoms with E-state index in [1.165, 1.54) is 22.3 Å². The van der Waals surface area contributed by atoms with E-state index in [0.29, 0.717) is 6.61 Å². The molecular weight excluding hydrogens is 358 g/mol. The molecule has 5 rings (SSSR count). The Morgan fingerprint density at radius 3 is 2.38 bits per heavy atom. The Balaban J connectivity index is 1.37. The number of fused-ring (bicyclic) bond motifs is 3. The maximum absolute atomic E-state index is 10.6. The van der Waals surface area contributed by atoms with Crippen molar-refractivity contribution >= 4 is 0 Å². The molecule has 148 valence electrons. The van der Waals surface area contributed by atoms with E-state index in [-0.39, 0.29) is 18.2 Å². The van der Waals surface area contributed by atoms with Crippen molar-refractivity contribution in [2.45, 2.75) is 44.1 Å². The number of ether oxygens (including phenoxy) is 1. The van der Waals surface area contributed by atoms with Crippen LogP contribution in [0.3, 0.4) is 0 Å². The highest BCUT2D eigenvalue weighted by Gasteiger charge is 2.39. The highest BCUT2D eigenvalue weighted by atomic mass is 16.5. The second-order valence-electron chi connectivity index (χ2n) is 8.19. The van der Waals surface area contributed by atoms with E-state index in [4.69, 9.17) is 4.74 Å². The Hall–Kier alpha value is -2.62. The predicted molar refractivity (Wildman–Crippen MR) is 115 cm³/mol. The first-order valence-corrected chi connectivity index (χ1v) is 10.6. The Labute approximate surface area is 172 Å². The third kappa shape index (κ3) is 3.81. The lowest BCUT2D eigenvalue weighted by molar-refractivity contribution is -0.00677. The van der Waals surface area contributed by atoms with Gasteiger partial charge in [0.25, 0.3) is 0 Å². The fraction of sp³-hybridized carbons (Fsp3) is 0.308. The van der Waals surface area contributed by atoms with E-state index in [0.717, 1.165) is 31.6 Å². The first-order valence-electron chi connectivity index (χ1n) is 10.6. The van der Waals surface area contributed by atoms with Crippen molar-refractivity contribution in [2.75, 3.05) is 6.54 Å². The minimum atomic E-state index is -0.263. The molecule has 3 atom stereocenters. The zero-order chi connectivity index (χ0) is 19.6. The van der Waals surface area contributed by atoms with Crippen molar-refractivity contribution in [3.05, 3.63) is 101 Å². The first-order chi connectivity index (χ1) is 14.3. The average Bonchev–Trinajstić information content (AvgIpc) is 2.78. The van der Waals surface area contributed by atoms with Crippen molar-refractivity contribution in [1.82, 2.24) is 4.90 Å². The highest BCUT2D eigenvalue weighted by Crippen LogP contribution is 2.45. The van der Waals surface area contributed by atoms with Crippen LogP contribution in [-0.4, -0.2) is 22.7 Å². The molecule has 0 saturated carbocycles. The molecule has 1 fully saturated rings.